The predicted molar refractivity (Wildman–Crippen MR) is 101 cm³/mol. The molecular weight excluding hydrogens is 332 g/mol. The lowest BCUT2D eigenvalue weighted by atomic mass is 9.94. The second-order valence-corrected chi connectivity index (χ2v) is 6.87. The van der Waals surface area contributed by atoms with Gasteiger partial charge in [-0.2, -0.15) is 0 Å². The number of piperidine rings is 1. The summed E-state index contributed by atoms with van der Waals surface area (Å²) < 4.78 is 4.84. The number of hydrogen-bond acceptors (Lipinski definition) is 5. The molecule has 1 atom stereocenters. The molecule has 2 aliphatic rings. The van der Waals surface area contributed by atoms with Crippen LogP contribution >= 0.6 is 0 Å². The number of nitrogens with zero attached hydrogens (tertiary/aromatic N) is 1. The normalized spacial score (nSPS) is 21.3. The Bertz CT molecular complexity index is 606. The smallest absolute Gasteiger partial charge is 0.411 e. The number of benzene rings is 1. The molecular formula is C19H28N4O3. The van der Waals surface area contributed by atoms with Gasteiger partial charge in [0, 0.05) is 29.9 Å². The van der Waals surface area contributed by atoms with E-state index in [1.165, 1.54) is 6.42 Å². The molecule has 7 heteroatoms. The molecule has 2 amide bonds. The van der Waals surface area contributed by atoms with Crippen LogP contribution in [0.1, 0.15) is 26.2 Å². The van der Waals surface area contributed by atoms with E-state index in [2.05, 4.69) is 20.9 Å². The molecule has 1 aromatic rings. The third-order valence-electron chi connectivity index (χ3n) is 5.13. The molecule has 1 unspecified atom stereocenters. The number of rotatable bonds is 5. The second kappa shape index (κ2) is 9.00. The fourth-order valence-electron chi connectivity index (χ4n) is 3.64. The largest absolute Gasteiger partial charge is 0.450 e. The molecule has 1 aromatic carbocycles. The van der Waals surface area contributed by atoms with Crippen molar-refractivity contribution in [1.29, 1.82) is 0 Å². The highest BCUT2D eigenvalue weighted by atomic mass is 16.5. The van der Waals surface area contributed by atoms with Crippen molar-refractivity contribution in [3.63, 3.8) is 0 Å². The Morgan fingerprint density at radius 3 is 2.35 bits per heavy atom. The Kier molecular flexibility index (Phi) is 6.46. The number of anilines is 2. The first-order valence-electron chi connectivity index (χ1n) is 9.45. The van der Waals surface area contributed by atoms with Crippen LogP contribution < -0.4 is 16.0 Å². The van der Waals surface area contributed by atoms with Gasteiger partial charge in [-0.15, -0.1) is 0 Å². The number of ether oxygens (including phenoxy) is 1. The monoisotopic (exact) mass is 360 g/mol. The van der Waals surface area contributed by atoms with E-state index in [1.54, 1.807) is 31.2 Å². The summed E-state index contributed by atoms with van der Waals surface area (Å²) in [5, 5.41) is 9.03. The molecule has 0 spiro atoms. The van der Waals surface area contributed by atoms with Gasteiger partial charge in [-0.25, -0.2) is 4.79 Å². The predicted octanol–water partition coefficient (Wildman–Crippen LogP) is 2.27. The Hall–Kier alpha value is -2.12. The van der Waals surface area contributed by atoms with Crippen LogP contribution in [0.15, 0.2) is 24.3 Å². The molecule has 26 heavy (non-hydrogen) atoms. The number of nitrogens with one attached hydrogen (secondary N) is 3. The third kappa shape index (κ3) is 4.95. The summed E-state index contributed by atoms with van der Waals surface area (Å²) >= 11 is 0. The maximum atomic E-state index is 12.5. The molecule has 0 radical (unpaired) electrons. The van der Waals surface area contributed by atoms with E-state index in [9.17, 15) is 9.59 Å². The van der Waals surface area contributed by atoms with Crippen molar-refractivity contribution < 1.29 is 14.3 Å². The first-order valence-corrected chi connectivity index (χ1v) is 9.45. The highest BCUT2D eigenvalue weighted by Crippen LogP contribution is 2.23. The number of carbonyl (C=O) groups excluding carboxylic acids is 2. The summed E-state index contributed by atoms with van der Waals surface area (Å²) in [5.74, 6) is 0.151. The fraction of sp³-hybridized carbons (Fsp3) is 0.579. The Morgan fingerprint density at radius 2 is 1.77 bits per heavy atom. The molecule has 3 N–H and O–H groups in total. The van der Waals surface area contributed by atoms with E-state index >= 15 is 0 Å². The molecule has 2 aliphatic heterocycles. The first kappa shape index (κ1) is 18.7. The Balaban J connectivity index is 1.45. The quantitative estimate of drug-likeness (QED) is 0.750. The van der Waals surface area contributed by atoms with Crippen molar-refractivity contribution in [2.24, 2.45) is 5.92 Å². The summed E-state index contributed by atoms with van der Waals surface area (Å²) in [7, 11) is 0. The van der Waals surface area contributed by atoms with Gasteiger partial charge in [0.2, 0.25) is 5.91 Å². The fourth-order valence-corrected chi connectivity index (χ4v) is 3.64. The van der Waals surface area contributed by atoms with Gasteiger partial charge in [0.15, 0.2) is 0 Å². The van der Waals surface area contributed by atoms with E-state index < -0.39 is 6.09 Å². The number of amides is 2. The molecule has 7 nitrogen and oxygen atoms in total. The molecule has 0 aromatic heterocycles. The highest BCUT2D eigenvalue weighted by molar-refractivity contribution is 5.93. The zero-order chi connectivity index (χ0) is 18.4. The van der Waals surface area contributed by atoms with Gasteiger partial charge < -0.3 is 15.4 Å². The van der Waals surface area contributed by atoms with Crippen molar-refractivity contribution in [2.75, 3.05) is 43.4 Å². The van der Waals surface area contributed by atoms with E-state index in [1.807, 2.05) is 0 Å². The molecule has 0 bridgehead atoms. The lowest BCUT2D eigenvalue weighted by Crippen LogP contribution is -2.44. The SMILES string of the molecule is CCOC(=O)Nc1ccc(NC(=O)C2CCN(C3CCNC3)CC2)cc1. The molecule has 3 rings (SSSR count). The summed E-state index contributed by atoms with van der Waals surface area (Å²) in [6.45, 7) is 6.25. The summed E-state index contributed by atoms with van der Waals surface area (Å²) in [5.41, 5.74) is 1.38. The van der Waals surface area contributed by atoms with E-state index in [0.717, 1.165) is 44.7 Å². The van der Waals surface area contributed by atoms with Crippen LogP contribution in [0, 0.1) is 5.92 Å². The maximum absolute atomic E-state index is 12.5. The van der Waals surface area contributed by atoms with Gasteiger partial charge in [0.1, 0.15) is 0 Å². The highest BCUT2D eigenvalue weighted by Gasteiger charge is 2.29. The van der Waals surface area contributed by atoms with Gasteiger partial charge in [0.25, 0.3) is 0 Å². The van der Waals surface area contributed by atoms with Crippen LogP contribution in [0.4, 0.5) is 16.2 Å². The zero-order valence-electron chi connectivity index (χ0n) is 15.3. The lowest BCUT2D eigenvalue weighted by Gasteiger charge is -2.35. The number of carbonyl (C=O) groups is 2. The summed E-state index contributed by atoms with van der Waals surface area (Å²) in [4.78, 5) is 26.4. The number of likely N-dealkylation sites (tertiary alicyclic amines) is 1. The van der Waals surface area contributed by atoms with Gasteiger partial charge >= 0.3 is 6.09 Å². The van der Waals surface area contributed by atoms with E-state index in [-0.39, 0.29) is 11.8 Å². The standard InChI is InChI=1S/C19H28N4O3/c1-2-26-19(25)22-16-5-3-15(4-6-16)21-18(24)14-8-11-23(12-9-14)17-7-10-20-13-17/h3-6,14,17,20H,2,7-13H2,1H3,(H,21,24)(H,22,25). The molecule has 2 fully saturated rings. The van der Waals surface area contributed by atoms with E-state index in [0.29, 0.717) is 18.3 Å². The van der Waals surface area contributed by atoms with Crippen molar-refractivity contribution in [3.8, 4) is 0 Å². The van der Waals surface area contributed by atoms with Crippen LogP contribution in [0.2, 0.25) is 0 Å². The van der Waals surface area contributed by atoms with Gasteiger partial charge in [-0.1, -0.05) is 0 Å². The Labute approximate surface area is 154 Å². The van der Waals surface area contributed by atoms with Crippen molar-refractivity contribution in [3.05, 3.63) is 24.3 Å². The van der Waals surface area contributed by atoms with Crippen LogP contribution in [0.25, 0.3) is 0 Å². The molecule has 0 saturated carbocycles. The zero-order valence-corrected chi connectivity index (χ0v) is 15.3. The minimum absolute atomic E-state index is 0.0675. The topological polar surface area (TPSA) is 82.7 Å². The molecule has 0 aliphatic carbocycles. The van der Waals surface area contributed by atoms with E-state index in [4.69, 9.17) is 4.74 Å². The molecule has 2 saturated heterocycles. The maximum Gasteiger partial charge on any atom is 0.411 e. The van der Waals surface area contributed by atoms with Gasteiger partial charge in [-0.05, 0) is 70.1 Å². The van der Waals surface area contributed by atoms with Crippen LogP contribution in [0.5, 0.6) is 0 Å². The first-order chi connectivity index (χ1) is 12.7. The molecule has 2 heterocycles. The van der Waals surface area contributed by atoms with Crippen molar-refractivity contribution >= 4 is 23.4 Å². The minimum atomic E-state index is -0.478. The van der Waals surface area contributed by atoms with Gasteiger partial charge in [0.05, 0.1) is 6.61 Å². The average Bonchev–Trinajstić information content (AvgIpc) is 3.18. The van der Waals surface area contributed by atoms with Crippen LogP contribution in [-0.2, 0) is 9.53 Å². The van der Waals surface area contributed by atoms with Gasteiger partial charge in [-0.3, -0.25) is 15.0 Å². The van der Waals surface area contributed by atoms with Crippen molar-refractivity contribution in [2.45, 2.75) is 32.2 Å². The molecule has 142 valence electrons. The second-order valence-electron chi connectivity index (χ2n) is 6.87. The average molecular weight is 360 g/mol. The van der Waals surface area contributed by atoms with Crippen molar-refractivity contribution in [1.82, 2.24) is 10.2 Å². The van der Waals surface area contributed by atoms with Crippen LogP contribution in [0.3, 0.4) is 0 Å². The summed E-state index contributed by atoms with van der Waals surface area (Å²) in [6, 6.07) is 7.72. The lowest BCUT2D eigenvalue weighted by molar-refractivity contribution is -0.121. The third-order valence-corrected chi connectivity index (χ3v) is 5.13. The minimum Gasteiger partial charge on any atom is -0.450 e. The van der Waals surface area contributed by atoms with Crippen LogP contribution in [-0.4, -0.2) is 55.7 Å². The number of hydrogen-bond donors (Lipinski definition) is 3. The summed E-state index contributed by atoms with van der Waals surface area (Å²) in [6.07, 6.45) is 2.55. The Morgan fingerprint density at radius 1 is 1.12 bits per heavy atom.